The fraction of sp³-hybridized carbons (Fsp3) is 0. The first-order chi connectivity index (χ1) is 0. The Morgan fingerprint density at radius 3 is 1.00 bits per heavy atom. The van der Waals surface area contributed by atoms with Crippen molar-refractivity contribution in [2.24, 2.45) is 0 Å². The van der Waals surface area contributed by atoms with Crippen LogP contribution in [-0.4, -0.2) is 5.48 Å². The second-order valence-electron chi connectivity index (χ2n) is 0. The van der Waals surface area contributed by atoms with Crippen molar-refractivity contribution in [3.05, 3.63) is 0 Å². The Morgan fingerprint density at radius 1 is 1.00 bits per heavy atom. The summed E-state index contributed by atoms with van der Waals surface area (Å²) >= 11 is 0. The van der Waals surface area contributed by atoms with Crippen LogP contribution in [-0.2, 0) is 58.9 Å². The van der Waals surface area contributed by atoms with Gasteiger partial charge in [-0.3, -0.25) is 0 Å². The van der Waals surface area contributed by atoms with Gasteiger partial charge in [0.15, 0.2) is 0 Å². The average molecular weight is 255 g/mol. The predicted octanol–water partition coefficient (Wildman–Crippen LogP) is -0.832. The van der Waals surface area contributed by atoms with Crippen LogP contribution in [0.4, 0.5) is 0 Å². The summed E-state index contributed by atoms with van der Waals surface area (Å²) in [6, 6.07) is 0. The molecular weight excluding hydrogens is 253 g/mol. The average Bonchev–Trinajstić information content (AvgIpc) is 0. The first-order valence-electron chi connectivity index (χ1n) is 0. The zero-order chi connectivity index (χ0) is 0. The molecule has 0 spiro atoms. The summed E-state index contributed by atoms with van der Waals surface area (Å²) in [7, 11) is 0. The molecule has 2 radical (unpaired) electrons. The zero-order valence-electron chi connectivity index (χ0n) is 1.81. The molecule has 0 saturated carbocycles. The van der Waals surface area contributed by atoms with Gasteiger partial charge in [-0.2, -0.15) is 0 Å². The first-order valence-corrected chi connectivity index (χ1v) is 0. The number of hydrogen-bond acceptors (Lipinski definition) is 0. The molecule has 0 unspecified atom stereocenters. The third-order valence-electron chi connectivity index (χ3n) is 0. The molecule has 0 aromatic heterocycles. The van der Waals surface area contributed by atoms with Crippen molar-refractivity contribution in [2.45, 2.75) is 0 Å². The quantitative estimate of drug-likeness (QED) is 0.506. The molecule has 0 saturated heterocycles. The van der Waals surface area contributed by atoms with Crippen molar-refractivity contribution in [3.8, 4) is 0 Å². The van der Waals surface area contributed by atoms with Crippen LogP contribution < -0.4 is 0 Å². The fourth-order valence-electron chi connectivity index (χ4n) is 0. The minimum Gasteiger partial charge on any atom is -0.412 e. The Labute approximate surface area is 64.0 Å². The van der Waals surface area contributed by atoms with Gasteiger partial charge in [-0.05, 0) is 0 Å². The topological polar surface area (TPSA) is 31.5 Å². The molecule has 0 rings (SSSR count). The smallest absolute Gasteiger partial charge is 0 e. The van der Waals surface area contributed by atoms with Crippen molar-refractivity contribution >= 4 is 0 Å². The normalized spacial score (nSPS) is 0. The summed E-state index contributed by atoms with van der Waals surface area (Å²) < 4.78 is 0. The summed E-state index contributed by atoms with van der Waals surface area (Å²) in [5.74, 6) is 0. The van der Waals surface area contributed by atoms with E-state index in [1.54, 1.807) is 0 Å². The molecule has 4 heteroatoms. The molecule has 0 atom stereocenters. The van der Waals surface area contributed by atoms with Gasteiger partial charge in [-0.1, -0.05) is 0 Å². The minimum absolute atomic E-state index is 0. The van der Waals surface area contributed by atoms with E-state index in [2.05, 4.69) is 0 Å². The monoisotopic (exact) mass is 252 g/mol. The molecule has 0 bridgehead atoms. The summed E-state index contributed by atoms with van der Waals surface area (Å²) in [4.78, 5) is 0. The van der Waals surface area contributed by atoms with E-state index >= 15 is 0 Å². The van der Waals surface area contributed by atoms with Gasteiger partial charge in [0.2, 0.25) is 0 Å². The molecule has 2 N–H and O–H groups in total. The summed E-state index contributed by atoms with van der Waals surface area (Å²) in [5.41, 5.74) is 0. The molecule has 0 fully saturated rings. The van der Waals surface area contributed by atoms with Crippen LogP contribution in [0.5, 0.6) is 0 Å². The van der Waals surface area contributed by atoms with Crippen LogP contribution in [0.1, 0.15) is 0 Å². The van der Waals surface area contributed by atoms with Gasteiger partial charge in [0, 0.05) is 58.9 Å². The van der Waals surface area contributed by atoms with Crippen molar-refractivity contribution in [1.82, 2.24) is 0 Å². The van der Waals surface area contributed by atoms with Crippen molar-refractivity contribution in [3.63, 3.8) is 0 Å². The molecule has 0 aromatic rings. The van der Waals surface area contributed by atoms with Gasteiger partial charge < -0.3 is 5.48 Å². The van der Waals surface area contributed by atoms with Crippen LogP contribution >= 0.6 is 0 Å². The van der Waals surface area contributed by atoms with Gasteiger partial charge in [-0.15, -0.1) is 0 Å². The van der Waals surface area contributed by atoms with Crippen LogP contribution in [0.15, 0.2) is 0 Å². The first kappa shape index (κ1) is 40.3. The second-order valence-corrected chi connectivity index (χ2v) is 0. The van der Waals surface area contributed by atoms with Gasteiger partial charge >= 0.3 is 0 Å². The van der Waals surface area contributed by atoms with Crippen molar-refractivity contribution in [1.29, 1.82) is 0 Å². The Bertz CT molecular complexity index is 8.00. The van der Waals surface area contributed by atoms with Gasteiger partial charge in [0.1, 0.15) is 0 Å². The van der Waals surface area contributed by atoms with E-state index in [1.807, 2.05) is 0 Å². The third kappa shape index (κ3) is 9.14. The van der Waals surface area contributed by atoms with Crippen LogP contribution in [0, 0.1) is 0 Å². The summed E-state index contributed by atoms with van der Waals surface area (Å²) in [6.07, 6.45) is 0. The van der Waals surface area contributed by atoms with Gasteiger partial charge in [-0.25, -0.2) is 0 Å². The Morgan fingerprint density at radius 2 is 1.00 bits per heavy atom. The Kier molecular flexibility index (Phi) is 212. The maximum atomic E-state index is 0. The van der Waals surface area contributed by atoms with E-state index in [9.17, 15) is 0 Å². The van der Waals surface area contributed by atoms with E-state index in [1.165, 1.54) is 0 Å². The van der Waals surface area contributed by atoms with Crippen molar-refractivity contribution in [2.75, 3.05) is 0 Å². The Balaban J connectivity index is 0. The molecular formula is H2AgCuOZn. The van der Waals surface area contributed by atoms with E-state index in [-0.39, 0.29) is 64.4 Å². The van der Waals surface area contributed by atoms with E-state index in [4.69, 9.17) is 0 Å². The summed E-state index contributed by atoms with van der Waals surface area (Å²) in [5, 5.41) is 0. The van der Waals surface area contributed by atoms with E-state index in [0.717, 1.165) is 0 Å². The largest absolute Gasteiger partial charge is 0.412 e. The summed E-state index contributed by atoms with van der Waals surface area (Å²) in [6.45, 7) is 0. The molecule has 0 aliphatic rings. The predicted molar refractivity (Wildman–Crippen MR) is 3.61 cm³/mol. The molecule has 0 aliphatic carbocycles. The van der Waals surface area contributed by atoms with Crippen LogP contribution in [0.25, 0.3) is 0 Å². The maximum absolute atomic E-state index is 0. The van der Waals surface area contributed by atoms with Gasteiger partial charge in [0.05, 0.1) is 0 Å². The van der Waals surface area contributed by atoms with Crippen molar-refractivity contribution < 1.29 is 64.4 Å². The number of hydrogen-bond donors (Lipinski definition) is 0. The minimum atomic E-state index is 0. The van der Waals surface area contributed by atoms with Crippen LogP contribution in [0.3, 0.4) is 0 Å². The molecule has 4 heavy (non-hydrogen) atoms. The van der Waals surface area contributed by atoms with E-state index in [0.29, 0.717) is 0 Å². The van der Waals surface area contributed by atoms with Gasteiger partial charge in [0.25, 0.3) is 0 Å². The fourth-order valence-corrected chi connectivity index (χ4v) is 0. The zero-order valence-corrected chi connectivity index (χ0v) is 7.20. The molecule has 0 heterocycles. The second kappa shape index (κ2) is 21.1. The number of rotatable bonds is 0. The molecule has 0 aromatic carbocycles. The Hall–Kier alpha value is 1.84. The van der Waals surface area contributed by atoms with Crippen LogP contribution in [0.2, 0.25) is 0 Å². The molecule has 0 amide bonds. The third-order valence-corrected chi connectivity index (χ3v) is 0. The van der Waals surface area contributed by atoms with E-state index < -0.39 is 0 Å². The maximum Gasteiger partial charge on any atom is 0 e. The standard InChI is InChI=1S/Ag.Cu.H2O.Zn/h;;1H2;. The molecule has 32 valence electrons. The SMILES string of the molecule is O.[Ag].[Cu].[Zn]. The molecule has 1 nitrogen and oxygen atoms in total. The molecule has 0 aliphatic heterocycles.